The lowest BCUT2D eigenvalue weighted by molar-refractivity contribution is 0.303. The van der Waals surface area contributed by atoms with E-state index in [0.29, 0.717) is 6.61 Å². The van der Waals surface area contributed by atoms with Crippen molar-refractivity contribution in [1.29, 1.82) is 0 Å². The van der Waals surface area contributed by atoms with Crippen LogP contribution in [0.2, 0.25) is 0 Å². The lowest BCUT2D eigenvalue weighted by Crippen LogP contribution is -2.00. The Morgan fingerprint density at radius 1 is 1.05 bits per heavy atom. The second-order valence-corrected chi connectivity index (χ2v) is 5.33. The zero-order valence-corrected chi connectivity index (χ0v) is 12.6. The summed E-state index contributed by atoms with van der Waals surface area (Å²) >= 11 is 0. The van der Waals surface area contributed by atoms with Crippen LogP contribution in [0.5, 0.6) is 5.75 Å². The molecule has 2 aromatic carbocycles. The van der Waals surface area contributed by atoms with Crippen LogP contribution in [0.3, 0.4) is 0 Å². The molecule has 0 spiro atoms. The van der Waals surface area contributed by atoms with Gasteiger partial charge in [-0.25, -0.2) is 0 Å². The van der Waals surface area contributed by atoms with Gasteiger partial charge in [0.15, 0.2) is 0 Å². The molecule has 2 aromatic rings. The standard InChI is InChI=1S/C19H22O/c1-5-7-18-16(4)8-6-9-19(18)20-13-17-11-14(2)10-15(3)12-17/h5-6,8-12H,1,7,13H2,2-4H3. The molecule has 0 aromatic heterocycles. The molecule has 0 N–H and O–H groups in total. The minimum Gasteiger partial charge on any atom is -0.489 e. The maximum absolute atomic E-state index is 6.02. The summed E-state index contributed by atoms with van der Waals surface area (Å²) < 4.78 is 6.02. The van der Waals surface area contributed by atoms with Crippen LogP contribution in [0.1, 0.15) is 27.8 Å². The summed E-state index contributed by atoms with van der Waals surface area (Å²) in [6.07, 6.45) is 2.76. The average Bonchev–Trinajstić information content (AvgIpc) is 2.38. The van der Waals surface area contributed by atoms with Gasteiger partial charge in [0.2, 0.25) is 0 Å². The van der Waals surface area contributed by atoms with Crippen LogP contribution in [-0.2, 0) is 13.0 Å². The fourth-order valence-electron chi connectivity index (χ4n) is 2.53. The summed E-state index contributed by atoms with van der Waals surface area (Å²) in [6, 6.07) is 12.7. The minimum atomic E-state index is 0.607. The molecule has 0 heterocycles. The Morgan fingerprint density at radius 3 is 2.40 bits per heavy atom. The van der Waals surface area contributed by atoms with Gasteiger partial charge in [-0.2, -0.15) is 0 Å². The zero-order valence-electron chi connectivity index (χ0n) is 12.6. The summed E-state index contributed by atoms with van der Waals surface area (Å²) in [5.74, 6) is 0.962. The molecule has 0 saturated carbocycles. The Morgan fingerprint density at radius 2 is 1.75 bits per heavy atom. The van der Waals surface area contributed by atoms with Crippen LogP contribution in [0, 0.1) is 20.8 Å². The van der Waals surface area contributed by atoms with Crippen LogP contribution >= 0.6 is 0 Å². The molecule has 104 valence electrons. The van der Waals surface area contributed by atoms with E-state index in [9.17, 15) is 0 Å². The van der Waals surface area contributed by atoms with Gasteiger partial charge in [0, 0.05) is 5.56 Å². The summed E-state index contributed by atoms with van der Waals surface area (Å²) in [7, 11) is 0. The van der Waals surface area contributed by atoms with E-state index in [1.807, 2.05) is 18.2 Å². The summed E-state index contributed by atoms with van der Waals surface area (Å²) in [4.78, 5) is 0. The molecular formula is C19H22O. The van der Waals surface area contributed by atoms with Gasteiger partial charge in [0.05, 0.1) is 0 Å². The zero-order chi connectivity index (χ0) is 14.5. The maximum Gasteiger partial charge on any atom is 0.123 e. The van der Waals surface area contributed by atoms with Crippen molar-refractivity contribution in [3.63, 3.8) is 0 Å². The Labute approximate surface area is 121 Å². The van der Waals surface area contributed by atoms with Gasteiger partial charge >= 0.3 is 0 Å². The van der Waals surface area contributed by atoms with Gasteiger partial charge in [0.25, 0.3) is 0 Å². The molecule has 0 unspecified atom stereocenters. The lowest BCUT2D eigenvalue weighted by atomic mass is 10.0. The highest BCUT2D eigenvalue weighted by molar-refractivity contribution is 5.41. The third-order valence-corrected chi connectivity index (χ3v) is 3.39. The van der Waals surface area contributed by atoms with E-state index in [2.05, 4.69) is 51.6 Å². The van der Waals surface area contributed by atoms with E-state index in [-0.39, 0.29) is 0 Å². The first-order valence-corrected chi connectivity index (χ1v) is 6.99. The summed E-state index contributed by atoms with van der Waals surface area (Å²) in [5.41, 5.74) is 6.25. The van der Waals surface area contributed by atoms with E-state index < -0.39 is 0 Å². The van der Waals surface area contributed by atoms with Crippen LogP contribution in [0.25, 0.3) is 0 Å². The van der Waals surface area contributed by atoms with Gasteiger partial charge in [-0.15, -0.1) is 6.58 Å². The molecule has 0 fully saturated rings. The highest BCUT2D eigenvalue weighted by Crippen LogP contribution is 2.24. The maximum atomic E-state index is 6.02. The van der Waals surface area contributed by atoms with E-state index in [0.717, 1.165) is 12.2 Å². The lowest BCUT2D eigenvalue weighted by Gasteiger charge is -2.13. The van der Waals surface area contributed by atoms with Crippen molar-refractivity contribution in [2.45, 2.75) is 33.8 Å². The van der Waals surface area contributed by atoms with Crippen LogP contribution in [0.15, 0.2) is 49.1 Å². The number of ether oxygens (including phenoxy) is 1. The fraction of sp³-hybridized carbons (Fsp3) is 0.263. The minimum absolute atomic E-state index is 0.607. The van der Waals surface area contributed by atoms with Crippen LogP contribution in [0.4, 0.5) is 0 Å². The first kappa shape index (κ1) is 14.4. The average molecular weight is 266 g/mol. The highest BCUT2D eigenvalue weighted by Gasteiger charge is 2.06. The van der Waals surface area contributed by atoms with E-state index >= 15 is 0 Å². The molecule has 0 radical (unpaired) electrons. The van der Waals surface area contributed by atoms with Crippen molar-refractivity contribution in [2.24, 2.45) is 0 Å². The topological polar surface area (TPSA) is 9.23 Å². The molecule has 20 heavy (non-hydrogen) atoms. The molecule has 2 rings (SSSR count). The number of aryl methyl sites for hydroxylation is 3. The number of allylic oxidation sites excluding steroid dienone is 1. The largest absolute Gasteiger partial charge is 0.489 e. The first-order valence-electron chi connectivity index (χ1n) is 6.99. The number of hydrogen-bond donors (Lipinski definition) is 0. The van der Waals surface area contributed by atoms with Gasteiger partial charge in [-0.05, 0) is 44.4 Å². The predicted molar refractivity (Wildman–Crippen MR) is 85.3 cm³/mol. The molecule has 0 aliphatic rings. The van der Waals surface area contributed by atoms with Gasteiger partial charge < -0.3 is 4.74 Å². The molecule has 0 amide bonds. The Hall–Kier alpha value is -2.02. The van der Waals surface area contributed by atoms with Crippen molar-refractivity contribution < 1.29 is 4.74 Å². The molecule has 0 saturated heterocycles. The predicted octanol–water partition coefficient (Wildman–Crippen LogP) is 4.92. The van der Waals surface area contributed by atoms with Crippen molar-refractivity contribution in [3.8, 4) is 5.75 Å². The van der Waals surface area contributed by atoms with Crippen molar-refractivity contribution in [2.75, 3.05) is 0 Å². The fourth-order valence-corrected chi connectivity index (χ4v) is 2.53. The normalized spacial score (nSPS) is 10.3. The van der Waals surface area contributed by atoms with Crippen molar-refractivity contribution >= 4 is 0 Å². The Kier molecular flexibility index (Phi) is 4.62. The van der Waals surface area contributed by atoms with E-state index in [4.69, 9.17) is 4.74 Å². The van der Waals surface area contributed by atoms with Crippen LogP contribution < -0.4 is 4.74 Å². The quantitative estimate of drug-likeness (QED) is 0.698. The Bertz CT molecular complexity index is 591. The smallest absolute Gasteiger partial charge is 0.123 e. The van der Waals surface area contributed by atoms with Gasteiger partial charge in [-0.1, -0.05) is 47.5 Å². The molecule has 0 atom stereocenters. The number of benzene rings is 2. The molecule has 0 aliphatic heterocycles. The monoisotopic (exact) mass is 266 g/mol. The first-order chi connectivity index (χ1) is 9.60. The van der Waals surface area contributed by atoms with Crippen LogP contribution in [-0.4, -0.2) is 0 Å². The number of hydrogen-bond acceptors (Lipinski definition) is 1. The van der Waals surface area contributed by atoms with Crippen molar-refractivity contribution in [3.05, 3.63) is 76.9 Å². The second-order valence-electron chi connectivity index (χ2n) is 5.33. The second kappa shape index (κ2) is 6.42. The van der Waals surface area contributed by atoms with E-state index in [1.165, 1.54) is 27.8 Å². The SMILES string of the molecule is C=CCc1c(C)cccc1OCc1cc(C)cc(C)c1. The number of rotatable bonds is 5. The highest BCUT2D eigenvalue weighted by atomic mass is 16.5. The van der Waals surface area contributed by atoms with Crippen molar-refractivity contribution in [1.82, 2.24) is 0 Å². The molecule has 1 nitrogen and oxygen atoms in total. The molecule has 1 heteroatoms. The van der Waals surface area contributed by atoms with E-state index in [1.54, 1.807) is 0 Å². The van der Waals surface area contributed by atoms with Gasteiger partial charge in [0.1, 0.15) is 12.4 Å². The third-order valence-electron chi connectivity index (χ3n) is 3.39. The molecule has 0 aliphatic carbocycles. The van der Waals surface area contributed by atoms with Gasteiger partial charge in [-0.3, -0.25) is 0 Å². The Balaban J connectivity index is 2.18. The summed E-state index contributed by atoms with van der Waals surface area (Å²) in [5, 5.41) is 0. The molecular weight excluding hydrogens is 244 g/mol. The molecule has 0 bridgehead atoms. The third kappa shape index (κ3) is 3.51. The summed E-state index contributed by atoms with van der Waals surface area (Å²) in [6.45, 7) is 10.8.